The van der Waals surface area contributed by atoms with Gasteiger partial charge in [0.2, 0.25) is 0 Å². The fourth-order valence-corrected chi connectivity index (χ4v) is 4.49. The van der Waals surface area contributed by atoms with Crippen LogP contribution in [0, 0.1) is 0 Å². The third-order valence-corrected chi connectivity index (χ3v) is 6.05. The minimum atomic E-state index is -1.82. The number of nitrogens with one attached hydrogen (secondary N) is 1. The standard InChI is InChI=1S/C23H24N2OS.C2H2O4/c26-19(16-24-15-14-18-8-2-1-3-9-18)17-25-20-10-4-6-12-22(20)27-23-13-7-5-11-21(23)25;3-1(4)2(5)6/h1-13,19,24,26H,14-17H2;(H,3,4)(H,5,6). The highest BCUT2D eigenvalue weighted by atomic mass is 32.2. The van der Waals surface area contributed by atoms with Crippen LogP contribution in [0.15, 0.2) is 88.7 Å². The van der Waals surface area contributed by atoms with Crippen molar-refractivity contribution in [2.24, 2.45) is 0 Å². The van der Waals surface area contributed by atoms with E-state index in [1.165, 1.54) is 26.7 Å². The lowest BCUT2D eigenvalue weighted by Gasteiger charge is -2.34. The van der Waals surface area contributed by atoms with Gasteiger partial charge in [0, 0.05) is 16.3 Å². The molecule has 0 spiro atoms. The molecule has 0 aliphatic carbocycles. The SMILES string of the molecule is O=C(O)C(=O)O.OC(CNCCc1ccccc1)CN1c2ccccc2Sc2ccccc21. The lowest BCUT2D eigenvalue weighted by Crippen LogP contribution is -2.37. The summed E-state index contributed by atoms with van der Waals surface area (Å²) in [6.07, 6.45) is 0.532. The molecule has 0 amide bonds. The van der Waals surface area contributed by atoms with Crippen LogP contribution >= 0.6 is 11.8 Å². The van der Waals surface area contributed by atoms with E-state index in [2.05, 4.69) is 83.0 Å². The number of aliphatic hydroxyl groups excluding tert-OH is 1. The quantitative estimate of drug-likeness (QED) is 0.309. The van der Waals surface area contributed by atoms with E-state index in [4.69, 9.17) is 19.8 Å². The van der Waals surface area contributed by atoms with Crippen LogP contribution in [0.2, 0.25) is 0 Å². The van der Waals surface area contributed by atoms with E-state index in [9.17, 15) is 5.11 Å². The van der Waals surface area contributed by atoms with E-state index in [-0.39, 0.29) is 0 Å². The number of carbonyl (C=O) groups is 2. The number of carboxylic acid groups (broad SMARTS) is 2. The Labute approximate surface area is 196 Å². The van der Waals surface area contributed by atoms with Crippen molar-refractivity contribution in [2.45, 2.75) is 22.3 Å². The maximum atomic E-state index is 10.6. The number of hydrogen-bond acceptors (Lipinski definition) is 6. The Morgan fingerprint density at radius 3 is 1.88 bits per heavy atom. The Hall–Kier alpha value is -3.33. The minimum absolute atomic E-state index is 0.440. The highest BCUT2D eigenvalue weighted by Crippen LogP contribution is 2.47. The van der Waals surface area contributed by atoms with Crippen molar-refractivity contribution in [3.63, 3.8) is 0 Å². The van der Waals surface area contributed by atoms with Crippen LogP contribution in [-0.2, 0) is 16.0 Å². The monoisotopic (exact) mass is 466 g/mol. The number of benzene rings is 3. The summed E-state index contributed by atoms with van der Waals surface area (Å²) in [7, 11) is 0. The largest absolute Gasteiger partial charge is 0.473 e. The predicted molar refractivity (Wildman–Crippen MR) is 128 cm³/mol. The molecule has 0 radical (unpaired) electrons. The number of rotatable bonds is 7. The Balaban J connectivity index is 0.000000454. The Morgan fingerprint density at radius 2 is 1.33 bits per heavy atom. The third kappa shape index (κ3) is 7.08. The van der Waals surface area contributed by atoms with Gasteiger partial charge in [0.1, 0.15) is 0 Å². The van der Waals surface area contributed by atoms with Gasteiger partial charge in [0.25, 0.3) is 0 Å². The Bertz CT molecular complexity index is 1020. The normalized spacial score (nSPS) is 12.6. The number of aliphatic carboxylic acids is 2. The van der Waals surface area contributed by atoms with E-state index in [0.717, 1.165) is 13.0 Å². The van der Waals surface area contributed by atoms with Crippen molar-refractivity contribution >= 4 is 35.1 Å². The number of carboxylic acids is 2. The molecule has 1 aliphatic heterocycles. The number of anilines is 2. The van der Waals surface area contributed by atoms with Crippen molar-refractivity contribution in [3.05, 3.63) is 84.4 Å². The van der Waals surface area contributed by atoms with Gasteiger partial charge < -0.3 is 25.5 Å². The molecule has 4 N–H and O–H groups in total. The number of β-amino-alcohol motifs (C(OH)–C–C–N with tert-alkyl or cyclic N) is 1. The summed E-state index contributed by atoms with van der Waals surface area (Å²) in [4.78, 5) is 22.9. The molecule has 0 aromatic heterocycles. The van der Waals surface area contributed by atoms with Gasteiger partial charge in [-0.2, -0.15) is 0 Å². The molecule has 3 aromatic carbocycles. The van der Waals surface area contributed by atoms with Crippen LogP contribution < -0.4 is 10.2 Å². The first-order valence-electron chi connectivity index (χ1n) is 10.5. The summed E-state index contributed by atoms with van der Waals surface area (Å²) in [5, 5.41) is 28.8. The van der Waals surface area contributed by atoms with Crippen LogP contribution in [0.3, 0.4) is 0 Å². The van der Waals surface area contributed by atoms with Gasteiger partial charge in [0.15, 0.2) is 0 Å². The second-order valence-corrected chi connectivity index (χ2v) is 8.44. The molecule has 172 valence electrons. The van der Waals surface area contributed by atoms with Gasteiger partial charge in [-0.3, -0.25) is 0 Å². The molecule has 0 saturated carbocycles. The second kappa shape index (κ2) is 12.1. The highest BCUT2D eigenvalue weighted by Gasteiger charge is 2.24. The van der Waals surface area contributed by atoms with Gasteiger partial charge in [-0.1, -0.05) is 66.4 Å². The summed E-state index contributed by atoms with van der Waals surface area (Å²) in [5.74, 6) is -3.65. The van der Waals surface area contributed by atoms with Gasteiger partial charge >= 0.3 is 11.9 Å². The van der Waals surface area contributed by atoms with Crippen LogP contribution in [-0.4, -0.2) is 53.0 Å². The molecular weight excluding hydrogens is 440 g/mol. The van der Waals surface area contributed by atoms with Gasteiger partial charge in [-0.05, 0) is 42.8 Å². The summed E-state index contributed by atoms with van der Waals surface area (Å²) in [5.41, 5.74) is 3.66. The van der Waals surface area contributed by atoms with Crippen LogP contribution in [0.1, 0.15) is 5.56 Å². The zero-order chi connectivity index (χ0) is 23.6. The first-order valence-corrected chi connectivity index (χ1v) is 11.3. The average molecular weight is 467 g/mol. The average Bonchev–Trinajstić information content (AvgIpc) is 2.83. The summed E-state index contributed by atoms with van der Waals surface area (Å²) in [6.45, 7) is 2.03. The predicted octanol–water partition coefficient (Wildman–Crippen LogP) is 3.64. The number of aliphatic hydroxyl groups is 1. The summed E-state index contributed by atoms with van der Waals surface area (Å²) in [6, 6.07) is 27.3. The molecule has 0 saturated heterocycles. The molecule has 7 nitrogen and oxygen atoms in total. The van der Waals surface area contributed by atoms with Crippen LogP contribution in [0.4, 0.5) is 11.4 Å². The zero-order valence-electron chi connectivity index (χ0n) is 17.9. The molecule has 1 aliphatic rings. The Morgan fingerprint density at radius 1 is 0.818 bits per heavy atom. The van der Waals surface area contributed by atoms with E-state index in [1.54, 1.807) is 11.8 Å². The van der Waals surface area contributed by atoms with Crippen molar-refractivity contribution in [1.82, 2.24) is 5.32 Å². The van der Waals surface area contributed by atoms with Crippen molar-refractivity contribution < 1.29 is 24.9 Å². The maximum Gasteiger partial charge on any atom is 0.414 e. The highest BCUT2D eigenvalue weighted by molar-refractivity contribution is 7.99. The molecule has 8 heteroatoms. The molecule has 1 unspecified atom stereocenters. The fraction of sp³-hybridized carbons (Fsp3) is 0.200. The van der Waals surface area contributed by atoms with Gasteiger partial charge in [0.05, 0.1) is 24.0 Å². The Kier molecular flexibility index (Phi) is 8.88. The molecule has 1 atom stereocenters. The molecular formula is C25H26N2O5S. The van der Waals surface area contributed by atoms with E-state index in [1.807, 2.05) is 6.07 Å². The first-order chi connectivity index (χ1) is 16.0. The lowest BCUT2D eigenvalue weighted by molar-refractivity contribution is -0.159. The minimum Gasteiger partial charge on any atom is -0.473 e. The first kappa shape index (κ1) is 24.3. The fourth-order valence-electron chi connectivity index (χ4n) is 3.40. The zero-order valence-corrected chi connectivity index (χ0v) is 18.7. The molecule has 33 heavy (non-hydrogen) atoms. The van der Waals surface area contributed by atoms with E-state index < -0.39 is 18.0 Å². The topological polar surface area (TPSA) is 110 Å². The third-order valence-electron chi connectivity index (χ3n) is 4.92. The number of fused-ring (bicyclic) bond motifs is 2. The molecule has 4 rings (SSSR count). The molecule has 0 fully saturated rings. The van der Waals surface area contributed by atoms with E-state index >= 15 is 0 Å². The van der Waals surface area contributed by atoms with Crippen molar-refractivity contribution in [1.29, 1.82) is 0 Å². The molecule has 0 bridgehead atoms. The lowest BCUT2D eigenvalue weighted by atomic mass is 10.1. The maximum absolute atomic E-state index is 10.6. The summed E-state index contributed by atoms with van der Waals surface area (Å²) >= 11 is 1.79. The van der Waals surface area contributed by atoms with Crippen LogP contribution in [0.25, 0.3) is 0 Å². The van der Waals surface area contributed by atoms with Crippen molar-refractivity contribution in [2.75, 3.05) is 24.5 Å². The molecule has 3 aromatic rings. The second-order valence-electron chi connectivity index (χ2n) is 7.35. The molecule has 1 heterocycles. The number of hydrogen-bond donors (Lipinski definition) is 4. The van der Waals surface area contributed by atoms with Gasteiger partial charge in [-0.15, -0.1) is 0 Å². The van der Waals surface area contributed by atoms with Crippen molar-refractivity contribution in [3.8, 4) is 0 Å². The smallest absolute Gasteiger partial charge is 0.414 e. The van der Waals surface area contributed by atoms with Gasteiger partial charge in [-0.25, -0.2) is 9.59 Å². The summed E-state index contributed by atoms with van der Waals surface area (Å²) < 4.78 is 0. The number of para-hydroxylation sites is 2. The number of nitrogens with zero attached hydrogens (tertiary/aromatic N) is 1. The van der Waals surface area contributed by atoms with E-state index in [0.29, 0.717) is 13.1 Å². The van der Waals surface area contributed by atoms with Crippen LogP contribution in [0.5, 0.6) is 0 Å².